The first kappa shape index (κ1) is 12.1. The van der Waals surface area contributed by atoms with Crippen LogP contribution in [0.1, 0.15) is 18.4 Å². The van der Waals surface area contributed by atoms with E-state index < -0.39 is 0 Å². The molecule has 1 heterocycles. The van der Waals surface area contributed by atoms with Gasteiger partial charge in [-0.1, -0.05) is 30.3 Å². The van der Waals surface area contributed by atoms with Crippen molar-refractivity contribution >= 4 is 5.97 Å². The third kappa shape index (κ3) is 3.05. The van der Waals surface area contributed by atoms with Gasteiger partial charge in [-0.2, -0.15) is 5.90 Å². The monoisotopic (exact) mass is 235 g/mol. The molecule has 4 heteroatoms. The number of nitrogens with two attached hydrogens (primary N) is 1. The van der Waals surface area contributed by atoms with E-state index in [0.29, 0.717) is 13.0 Å². The summed E-state index contributed by atoms with van der Waals surface area (Å²) in [6, 6.07) is 10.2. The van der Waals surface area contributed by atoms with Gasteiger partial charge < -0.3 is 9.57 Å². The first-order valence-corrected chi connectivity index (χ1v) is 5.87. The zero-order valence-corrected chi connectivity index (χ0v) is 9.67. The molecule has 1 aliphatic heterocycles. The maximum Gasteiger partial charge on any atom is 0.330 e. The largest absolute Gasteiger partial charge is 0.377 e. The highest BCUT2D eigenvalue weighted by atomic mass is 16.7. The lowest BCUT2D eigenvalue weighted by Gasteiger charge is -2.15. The van der Waals surface area contributed by atoms with Crippen LogP contribution < -0.4 is 5.90 Å². The highest BCUT2D eigenvalue weighted by Gasteiger charge is 2.34. The molecule has 4 nitrogen and oxygen atoms in total. The summed E-state index contributed by atoms with van der Waals surface area (Å²) in [7, 11) is 0. The van der Waals surface area contributed by atoms with E-state index in [4.69, 9.17) is 10.6 Å². The summed E-state index contributed by atoms with van der Waals surface area (Å²) < 4.78 is 5.55. The quantitative estimate of drug-likeness (QED) is 0.802. The van der Waals surface area contributed by atoms with Crippen molar-refractivity contribution in [3.8, 4) is 0 Å². The van der Waals surface area contributed by atoms with Crippen LogP contribution in [-0.2, 0) is 20.8 Å². The molecule has 1 fully saturated rings. The number of carbonyl (C=O) groups excluding carboxylic acids is 1. The normalized spacial score (nSPS) is 23.6. The second-order valence-electron chi connectivity index (χ2n) is 4.27. The Hall–Kier alpha value is -1.39. The molecule has 2 atom stereocenters. The Labute approximate surface area is 101 Å². The molecule has 1 aromatic carbocycles. The van der Waals surface area contributed by atoms with Gasteiger partial charge in [-0.3, -0.25) is 0 Å². The summed E-state index contributed by atoms with van der Waals surface area (Å²) >= 11 is 0. The van der Waals surface area contributed by atoms with Crippen LogP contribution in [0.25, 0.3) is 0 Å². The highest BCUT2D eigenvalue weighted by Crippen LogP contribution is 2.25. The van der Waals surface area contributed by atoms with E-state index in [9.17, 15) is 4.79 Å². The van der Waals surface area contributed by atoms with Crippen molar-refractivity contribution in [3.05, 3.63) is 35.9 Å². The number of aryl methyl sites for hydroxylation is 1. The van der Waals surface area contributed by atoms with Gasteiger partial charge in [0.2, 0.25) is 0 Å². The minimum Gasteiger partial charge on any atom is -0.377 e. The SMILES string of the molecule is NOC(=O)[C@H]1CCOC1CCc1ccccc1. The van der Waals surface area contributed by atoms with Crippen molar-refractivity contribution in [2.24, 2.45) is 11.8 Å². The van der Waals surface area contributed by atoms with E-state index >= 15 is 0 Å². The molecular formula is C13H17NO3. The summed E-state index contributed by atoms with van der Waals surface area (Å²) in [5.74, 6) is 4.35. The number of ether oxygens (including phenoxy) is 1. The smallest absolute Gasteiger partial charge is 0.330 e. The van der Waals surface area contributed by atoms with Gasteiger partial charge in [-0.15, -0.1) is 0 Å². The zero-order valence-electron chi connectivity index (χ0n) is 9.67. The fourth-order valence-corrected chi connectivity index (χ4v) is 2.24. The standard InChI is InChI=1S/C13H17NO3/c14-17-13(15)11-8-9-16-12(11)7-6-10-4-2-1-3-5-10/h1-5,11-12H,6-9,14H2/t11-,12?/m0/s1. The van der Waals surface area contributed by atoms with Gasteiger partial charge in [0.25, 0.3) is 0 Å². The van der Waals surface area contributed by atoms with Crippen LogP contribution in [0.3, 0.4) is 0 Å². The maximum atomic E-state index is 11.4. The van der Waals surface area contributed by atoms with Crippen LogP contribution in [0, 0.1) is 5.92 Å². The molecule has 1 aliphatic rings. The van der Waals surface area contributed by atoms with Crippen molar-refractivity contribution in [1.82, 2.24) is 0 Å². The summed E-state index contributed by atoms with van der Waals surface area (Å²) in [6.07, 6.45) is 2.37. The van der Waals surface area contributed by atoms with Gasteiger partial charge in [0, 0.05) is 6.61 Å². The predicted octanol–water partition coefficient (Wildman–Crippen LogP) is 1.44. The Morgan fingerprint density at radius 1 is 1.41 bits per heavy atom. The lowest BCUT2D eigenvalue weighted by molar-refractivity contribution is -0.151. The van der Waals surface area contributed by atoms with E-state index in [-0.39, 0.29) is 18.0 Å². The van der Waals surface area contributed by atoms with Crippen LogP contribution in [0.5, 0.6) is 0 Å². The molecule has 0 saturated carbocycles. The van der Waals surface area contributed by atoms with Gasteiger partial charge in [-0.25, -0.2) is 4.79 Å². The Morgan fingerprint density at radius 2 is 2.18 bits per heavy atom. The van der Waals surface area contributed by atoms with Gasteiger partial charge in [0.1, 0.15) is 0 Å². The average Bonchev–Trinajstić information content (AvgIpc) is 2.85. The minimum atomic E-state index is -0.361. The van der Waals surface area contributed by atoms with E-state index in [2.05, 4.69) is 17.0 Å². The topological polar surface area (TPSA) is 61.5 Å². The fraction of sp³-hybridized carbons (Fsp3) is 0.462. The number of rotatable bonds is 4. The van der Waals surface area contributed by atoms with Crippen LogP contribution in [-0.4, -0.2) is 18.7 Å². The molecule has 0 spiro atoms. The molecular weight excluding hydrogens is 218 g/mol. The molecule has 2 N–H and O–H groups in total. The number of hydrogen-bond acceptors (Lipinski definition) is 4. The Balaban J connectivity index is 1.88. The maximum absolute atomic E-state index is 11.4. The molecule has 1 saturated heterocycles. The van der Waals surface area contributed by atoms with Crippen LogP contribution in [0.15, 0.2) is 30.3 Å². The highest BCUT2D eigenvalue weighted by molar-refractivity contribution is 5.73. The molecule has 0 aliphatic carbocycles. The van der Waals surface area contributed by atoms with Gasteiger partial charge in [-0.05, 0) is 24.8 Å². The Morgan fingerprint density at radius 3 is 2.88 bits per heavy atom. The van der Waals surface area contributed by atoms with Gasteiger partial charge in [0.15, 0.2) is 0 Å². The van der Waals surface area contributed by atoms with E-state index in [1.165, 1.54) is 5.56 Å². The van der Waals surface area contributed by atoms with Crippen molar-refractivity contribution in [2.45, 2.75) is 25.4 Å². The summed E-state index contributed by atoms with van der Waals surface area (Å²) in [5.41, 5.74) is 1.25. The van der Waals surface area contributed by atoms with Gasteiger partial charge in [0.05, 0.1) is 12.0 Å². The van der Waals surface area contributed by atoms with Crippen molar-refractivity contribution < 1.29 is 14.4 Å². The van der Waals surface area contributed by atoms with E-state index in [1.807, 2.05) is 18.2 Å². The molecule has 0 amide bonds. The molecule has 0 aromatic heterocycles. The second-order valence-corrected chi connectivity index (χ2v) is 4.27. The molecule has 0 bridgehead atoms. The van der Waals surface area contributed by atoms with Crippen LogP contribution in [0.4, 0.5) is 0 Å². The molecule has 1 aromatic rings. The van der Waals surface area contributed by atoms with E-state index in [1.54, 1.807) is 0 Å². The van der Waals surface area contributed by atoms with Crippen molar-refractivity contribution in [3.63, 3.8) is 0 Å². The third-order valence-electron chi connectivity index (χ3n) is 3.19. The molecule has 17 heavy (non-hydrogen) atoms. The van der Waals surface area contributed by atoms with Crippen LogP contribution in [0.2, 0.25) is 0 Å². The molecule has 0 radical (unpaired) electrons. The van der Waals surface area contributed by atoms with E-state index in [0.717, 1.165) is 12.8 Å². The van der Waals surface area contributed by atoms with Crippen molar-refractivity contribution in [1.29, 1.82) is 0 Å². The zero-order chi connectivity index (χ0) is 12.1. The summed E-state index contributed by atoms with van der Waals surface area (Å²) in [6.45, 7) is 0.610. The minimum absolute atomic E-state index is 0.0637. The van der Waals surface area contributed by atoms with Crippen molar-refractivity contribution in [2.75, 3.05) is 6.61 Å². The molecule has 2 rings (SSSR count). The fourth-order valence-electron chi connectivity index (χ4n) is 2.24. The first-order chi connectivity index (χ1) is 8.31. The number of benzene rings is 1. The van der Waals surface area contributed by atoms with Gasteiger partial charge >= 0.3 is 5.97 Å². The number of carbonyl (C=O) groups is 1. The molecule has 1 unspecified atom stereocenters. The third-order valence-corrected chi connectivity index (χ3v) is 3.19. The Bertz CT molecular complexity index is 366. The lowest BCUT2D eigenvalue weighted by atomic mass is 9.96. The lowest BCUT2D eigenvalue weighted by Crippen LogP contribution is -2.28. The molecule has 92 valence electrons. The van der Waals surface area contributed by atoms with Crippen LogP contribution >= 0.6 is 0 Å². The summed E-state index contributed by atoms with van der Waals surface area (Å²) in [5, 5.41) is 0. The first-order valence-electron chi connectivity index (χ1n) is 5.87. The average molecular weight is 235 g/mol. The second kappa shape index (κ2) is 5.80. The number of hydrogen-bond donors (Lipinski definition) is 1. The summed E-state index contributed by atoms with van der Waals surface area (Å²) in [4.78, 5) is 15.7. The predicted molar refractivity (Wildman–Crippen MR) is 62.9 cm³/mol. The Kier molecular flexibility index (Phi) is 4.12.